The van der Waals surface area contributed by atoms with Crippen LogP contribution >= 0.6 is 0 Å². The molecule has 136 valence electrons. The minimum absolute atomic E-state index is 0.0193. The van der Waals surface area contributed by atoms with Crippen molar-refractivity contribution in [2.45, 2.75) is 19.4 Å². The predicted molar refractivity (Wildman–Crippen MR) is 101 cm³/mol. The molecular formula is C21H24N2O3. The number of benzene rings is 2. The van der Waals surface area contributed by atoms with E-state index in [-0.39, 0.29) is 17.8 Å². The molecule has 1 fully saturated rings. The average molecular weight is 352 g/mol. The van der Waals surface area contributed by atoms with E-state index in [4.69, 9.17) is 4.74 Å². The largest absolute Gasteiger partial charge is 0.374 e. The van der Waals surface area contributed by atoms with E-state index in [9.17, 15) is 9.59 Å². The van der Waals surface area contributed by atoms with Crippen molar-refractivity contribution in [3.05, 3.63) is 59.7 Å². The first-order chi connectivity index (χ1) is 12.7. The van der Waals surface area contributed by atoms with Crippen LogP contribution < -0.4 is 10.6 Å². The van der Waals surface area contributed by atoms with Gasteiger partial charge in [0, 0.05) is 37.2 Å². The molecule has 1 heterocycles. The van der Waals surface area contributed by atoms with Gasteiger partial charge in [-0.2, -0.15) is 0 Å². The van der Waals surface area contributed by atoms with Crippen LogP contribution in [0.4, 0.5) is 0 Å². The number of ketones is 1. The molecule has 1 amide bonds. The molecule has 1 aliphatic rings. The number of hydrogen-bond donors (Lipinski definition) is 2. The summed E-state index contributed by atoms with van der Waals surface area (Å²) in [4.78, 5) is 24.2. The maximum Gasteiger partial charge on any atom is 0.251 e. The first kappa shape index (κ1) is 18.3. The monoisotopic (exact) mass is 352 g/mol. The molecule has 1 aliphatic heterocycles. The van der Waals surface area contributed by atoms with Crippen LogP contribution in [0.2, 0.25) is 0 Å². The van der Waals surface area contributed by atoms with Crippen LogP contribution in [0, 0.1) is 0 Å². The predicted octanol–water partition coefficient (Wildman–Crippen LogP) is 2.66. The summed E-state index contributed by atoms with van der Waals surface area (Å²) in [6, 6.07) is 15.0. The molecule has 0 aromatic heterocycles. The van der Waals surface area contributed by atoms with Crippen molar-refractivity contribution >= 4 is 11.7 Å². The number of hydrogen-bond acceptors (Lipinski definition) is 4. The van der Waals surface area contributed by atoms with Gasteiger partial charge in [-0.1, -0.05) is 37.3 Å². The quantitative estimate of drug-likeness (QED) is 0.785. The Morgan fingerprint density at radius 1 is 1.12 bits per heavy atom. The third kappa shape index (κ3) is 4.56. The summed E-state index contributed by atoms with van der Waals surface area (Å²) >= 11 is 0. The molecule has 0 bridgehead atoms. The van der Waals surface area contributed by atoms with E-state index in [2.05, 4.69) is 10.6 Å². The lowest BCUT2D eigenvalue weighted by Crippen LogP contribution is -2.45. The Kier molecular flexibility index (Phi) is 6.15. The molecule has 0 saturated carbocycles. The Hall–Kier alpha value is -2.50. The smallest absolute Gasteiger partial charge is 0.251 e. The zero-order chi connectivity index (χ0) is 18.4. The molecule has 2 aromatic rings. The van der Waals surface area contributed by atoms with Gasteiger partial charge in [0.25, 0.3) is 5.91 Å². The SMILES string of the molecule is CCC(=O)c1cccc(-c2ccc(C(=O)NC[C@@H]3CNCCO3)cc2)c1. The lowest BCUT2D eigenvalue weighted by molar-refractivity contribution is 0.0287. The van der Waals surface area contributed by atoms with Crippen molar-refractivity contribution in [3.8, 4) is 11.1 Å². The summed E-state index contributed by atoms with van der Waals surface area (Å²) in [6.45, 7) is 4.64. The third-order valence-corrected chi connectivity index (χ3v) is 4.48. The van der Waals surface area contributed by atoms with Crippen LogP contribution in [0.25, 0.3) is 11.1 Å². The van der Waals surface area contributed by atoms with Gasteiger partial charge < -0.3 is 15.4 Å². The second kappa shape index (κ2) is 8.74. The molecule has 2 aromatic carbocycles. The van der Waals surface area contributed by atoms with E-state index in [1.807, 2.05) is 43.3 Å². The molecule has 0 aliphatic carbocycles. The molecular weight excluding hydrogens is 328 g/mol. The summed E-state index contributed by atoms with van der Waals surface area (Å²) in [5.41, 5.74) is 3.27. The Balaban J connectivity index is 1.64. The number of Topliss-reactive ketones (excluding diaryl/α,β-unsaturated/α-hetero) is 1. The van der Waals surface area contributed by atoms with Crippen LogP contribution in [0.3, 0.4) is 0 Å². The second-order valence-electron chi connectivity index (χ2n) is 6.34. The highest BCUT2D eigenvalue weighted by atomic mass is 16.5. The molecule has 0 radical (unpaired) electrons. The van der Waals surface area contributed by atoms with E-state index in [0.29, 0.717) is 30.7 Å². The summed E-state index contributed by atoms with van der Waals surface area (Å²) in [5, 5.41) is 6.15. The van der Waals surface area contributed by atoms with Gasteiger partial charge in [0.05, 0.1) is 12.7 Å². The topological polar surface area (TPSA) is 67.4 Å². The van der Waals surface area contributed by atoms with E-state index in [1.165, 1.54) is 0 Å². The minimum Gasteiger partial charge on any atom is -0.374 e. The normalized spacial score (nSPS) is 16.9. The zero-order valence-corrected chi connectivity index (χ0v) is 15.0. The van der Waals surface area contributed by atoms with Crippen molar-refractivity contribution in [1.82, 2.24) is 10.6 Å². The van der Waals surface area contributed by atoms with Crippen LogP contribution in [0.1, 0.15) is 34.1 Å². The number of nitrogens with one attached hydrogen (secondary N) is 2. The number of rotatable bonds is 6. The van der Waals surface area contributed by atoms with Gasteiger partial charge in [-0.3, -0.25) is 9.59 Å². The van der Waals surface area contributed by atoms with Crippen LogP contribution in [-0.2, 0) is 4.74 Å². The molecule has 1 saturated heterocycles. The first-order valence-electron chi connectivity index (χ1n) is 9.01. The molecule has 26 heavy (non-hydrogen) atoms. The summed E-state index contributed by atoms with van der Waals surface area (Å²) in [7, 11) is 0. The molecule has 1 atom stereocenters. The fourth-order valence-electron chi connectivity index (χ4n) is 2.95. The Labute approximate surface area is 153 Å². The summed E-state index contributed by atoms with van der Waals surface area (Å²) < 4.78 is 5.58. The minimum atomic E-state index is -0.111. The number of carbonyl (C=O) groups is 2. The number of amides is 1. The molecule has 5 nitrogen and oxygen atoms in total. The molecule has 5 heteroatoms. The number of carbonyl (C=O) groups excluding carboxylic acids is 2. The van der Waals surface area contributed by atoms with E-state index >= 15 is 0 Å². The van der Waals surface area contributed by atoms with Crippen LogP contribution in [0.15, 0.2) is 48.5 Å². The highest BCUT2D eigenvalue weighted by Crippen LogP contribution is 2.21. The molecule has 2 N–H and O–H groups in total. The second-order valence-corrected chi connectivity index (χ2v) is 6.34. The van der Waals surface area contributed by atoms with Gasteiger partial charge in [0.1, 0.15) is 0 Å². The van der Waals surface area contributed by atoms with Gasteiger partial charge in [0.15, 0.2) is 5.78 Å². The zero-order valence-electron chi connectivity index (χ0n) is 15.0. The highest BCUT2D eigenvalue weighted by molar-refractivity contribution is 5.97. The van der Waals surface area contributed by atoms with Crippen molar-refractivity contribution in [3.63, 3.8) is 0 Å². The molecule has 3 rings (SSSR count). The fraction of sp³-hybridized carbons (Fsp3) is 0.333. The van der Waals surface area contributed by atoms with Gasteiger partial charge >= 0.3 is 0 Å². The van der Waals surface area contributed by atoms with Gasteiger partial charge in [-0.05, 0) is 29.3 Å². The standard InChI is InChI=1S/C21H24N2O3/c1-2-20(24)18-5-3-4-17(12-18)15-6-8-16(9-7-15)21(25)23-14-19-13-22-10-11-26-19/h3-9,12,19,22H,2,10-11,13-14H2,1H3,(H,23,25)/t19-/m0/s1. The fourth-order valence-corrected chi connectivity index (χ4v) is 2.95. The Bertz CT molecular complexity index is 765. The van der Waals surface area contributed by atoms with Gasteiger partial charge in [-0.15, -0.1) is 0 Å². The van der Waals surface area contributed by atoms with E-state index < -0.39 is 0 Å². The van der Waals surface area contributed by atoms with E-state index in [1.54, 1.807) is 12.1 Å². The maximum atomic E-state index is 12.3. The first-order valence-corrected chi connectivity index (χ1v) is 9.01. The Morgan fingerprint density at radius 3 is 2.62 bits per heavy atom. The van der Waals surface area contributed by atoms with Crippen molar-refractivity contribution < 1.29 is 14.3 Å². The third-order valence-electron chi connectivity index (χ3n) is 4.48. The maximum absolute atomic E-state index is 12.3. The highest BCUT2D eigenvalue weighted by Gasteiger charge is 2.15. The number of ether oxygens (including phenoxy) is 1. The number of morpholine rings is 1. The van der Waals surface area contributed by atoms with Gasteiger partial charge in [-0.25, -0.2) is 0 Å². The Morgan fingerprint density at radius 2 is 1.92 bits per heavy atom. The summed E-state index contributed by atoms with van der Waals surface area (Å²) in [5.74, 6) is 0.0166. The average Bonchev–Trinajstić information content (AvgIpc) is 2.72. The van der Waals surface area contributed by atoms with Crippen molar-refractivity contribution in [2.75, 3.05) is 26.2 Å². The molecule has 0 unspecified atom stereocenters. The van der Waals surface area contributed by atoms with E-state index in [0.717, 1.165) is 24.2 Å². The van der Waals surface area contributed by atoms with Gasteiger partial charge in [0.2, 0.25) is 0 Å². The van der Waals surface area contributed by atoms with Crippen molar-refractivity contribution in [2.24, 2.45) is 0 Å². The molecule has 0 spiro atoms. The lowest BCUT2D eigenvalue weighted by atomic mass is 9.99. The summed E-state index contributed by atoms with van der Waals surface area (Å²) in [6.07, 6.45) is 0.508. The van der Waals surface area contributed by atoms with Crippen LogP contribution in [-0.4, -0.2) is 44.0 Å². The lowest BCUT2D eigenvalue weighted by Gasteiger charge is -2.23. The van der Waals surface area contributed by atoms with Crippen molar-refractivity contribution in [1.29, 1.82) is 0 Å². The van der Waals surface area contributed by atoms with Crippen LogP contribution in [0.5, 0.6) is 0 Å².